The summed E-state index contributed by atoms with van der Waals surface area (Å²) in [4.78, 5) is 20.6. The highest BCUT2D eigenvalue weighted by molar-refractivity contribution is 5.93. The fraction of sp³-hybridized carbons (Fsp3) is 0.263. The highest BCUT2D eigenvalue weighted by Crippen LogP contribution is 2.40. The minimum Gasteiger partial charge on any atom is -0.493 e. The maximum Gasteiger partial charge on any atom is 0.269 e. The molecule has 2 heterocycles. The van der Waals surface area contributed by atoms with Crippen molar-refractivity contribution >= 4 is 5.91 Å². The van der Waals surface area contributed by atoms with Crippen LogP contribution in [0.15, 0.2) is 30.6 Å². The van der Waals surface area contributed by atoms with E-state index in [-0.39, 0.29) is 5.91 Å². The summed E-state index contributed by atoms with van der Waals surface area (Å²) >= 11 is 0. The van der Waals surface area contributed by atoms with Gasteiger partial charge in [-0.3, -0.25) is 9.89 Å². The number of benzene rings is 1. The predicted octanol–water partition coefficient (Wildman–Crippen LogP) is 2.13. The number of nitrogens with one attached hydrogen (secondary N) is 2. The number of aryl methyl sites for hydroxylation is 1. The zero-order valence-electron chi connectivity index (χ0n) is 16.1. The molecule has 0 atom stereocenters. The molecule has 3 aromatic rings. The first kappa shape index (κ1) is 19.2. The number of hydrogen-bond acceptors (Lipinski definition) is 7. The Hall–Kier alpha value is -3.62. The number of H-pyrrole nitrogens is 1. The summed E-state index contributed by atoms with van der Waals surface area (Å²) in [6.45, 7) is 2.16. The fourth-order valence-electron chi connectivity index (χ4n) is 2.69. The van der Waals surface area contributed by atoms with Crippen molar-refractivity contribution in [3.63, 3.8) is 0 Å². The summed E-state index contributed by atoms with van der Waals surface area (Å²) in [7, 11) is 4.62. The third kappa shape index (κ3) is 4.03. The summed E-state index contributed by atoms with van der Waals surface area (Å²) in [5, 5.41) is 9.77. The van der Waals surface area contributed by atoms with Crippen LogP contribution in [0.4, 0.5) is 0 Å². The highest BCUT2D eigenvalue weighted by Gasteiger charge is 2.17. The van der Waals surface area contributed by atoms with E-state index in [1.54, 1.807) is 32.4 Å². The maximum atomic E-state index is 12.4. The van der Waals surface area contributed by atoms with Gasteiger partial charge >= 0.3 is 0 Å². The summed E-state index contributed by atoms with van der Waals surface area (Å²) in [5.74, 6) is 1.21. The monoisotopic (exact) mass is 383 g/mol. The van der Waals surface area contributed by atoms with E-state index in [0.717, 1.165) is 17.0 Å². The Morgan fingerprint density at radius 2 is 1.75 bits per heavy atom. The van der Waals surface area contributed by atoms with Gasteiger partial charge in [0.1, 0.15) is 12.0 Å². The molecule has 0 spiro atoms. The Morgan fingerprint density at radius 1 is 1.04 bits per heavy atom. The van der Waals surface area contributed by atoms with E-state index < -0.39 is 0 Å². The minimum absolute atomic E-state index is 0.289. The largest absolute Gasteiger partial charge is 0.493 e. The van der Waals surface area contributed by atoms with Crippen LogP contribution in [-0.2, 0) is 6.54 Å². The van der Waals surface area contributed by atoms with Crippen molar-refractivity contribution in [2.75, 3.05) is 21.3 Å². The van der Waals surface area contributed by atoms with Gasteiger partial charge in [0.25, 0.3) is 5.91 Å². The molecule has 9 heteroatoms. The molecule has 0 radical (unpaired) electrons. The number of amides is 1. The summed E-state index contributed by atoms with van der Waals surface area (Å²) in [6.07, 6.45) is 1.47. The van der Waals surface area contributed by atoms with Crippen LogP contribution in [-0.4, -0.2) is 47.4 Å². The first-order chi connectivity index (χ1) is 13.5. The standard InChI is InChI=1S/C19H21N5O4/c1-11-5-13(22-10-21-11)9-20-19(25)15-8-14(23-24-15)12-6-16(26-2)18(28-4)17(7-12)27-3/h5-8,10H,9H2,1-4H3,(H,20,25)(H,23,24). The zero-order valence-corrected chi connectivity index (χ0v) is 16.1. The average molecular weight is 383 g/mol. The van der Waals surface area contributed by atoms with Gasteiger partial charge in [0.2, 0.25) is 5.75 Å². The number of ether oxygens (including phenoxy) is 3. The van der Waals surface area contributed by atoms with Gasteiger partial charge in [0.15, 0.2) is 11.5 Å². The van der Waals surface area contributed by atoms with E-state index in [9.17, 15) is 4.79 Å². The first-order valence-corrected chi connectivity index (χ1v) is 8.47. The molecule has 0 fully saturated rings. The lowest BCUT2D eigenvalue weighted by Crippen LogP contribution is -2.23. The molecule has 0 unspecified atom stereocenters. The molecule has 1 amide bonds. The average Bonchev–Trinajstić information content (AvgIpc) is 3.21. The van der Waals surface area contributed by atoms with Gasteiger partial charge in [-0.05, 0) is 31.2 Å². The van der Waals surface area contributed by atoms with Crippen molar-refractivity contribution in [1.82, 2.24) is 25.5 Å². The lowest BCUT2D eigenvalue weighted by molar-refractivity contribution is 0.0945. The van der Waals surface area contributed by atoms with Gasteiger partial charge in [0.05, 0.1) is 39.3 Å². The van der Waals surface area contributed by atoms with Gasteiger partial charge in [-0.2, -0.15) is 5.10 Å². The molecular weight excluding hydrogens is 362 g/mol. The zero-order chi connectivity index (χ0) is 20.1. The van der Waals surface area contributed by atoms with E-state index in [1.165, 1.54) is 13.4 Å². The molecule has 0 saturated carbocycles. The molecule has 0 saturated heterocycles. The maximum absolute atomic E-state index is 12.4. The van der Waals surface area contributed by atoms with Crippen LogP contribution in [0.25, 0.3) is 11.3 Å². The predicted molar refractivity (Wildman–Crippen MR) is 102 cm³/mol. The number of hydrogen-bond donors (Lipinski definition) is 2. The second-order valence-electron chi connectivity index (χ2n) is 5.91. The second-order valence-corrected chi connectivity index (χ2v) is 5.91. The van der Waals surface area contributed by atoms with E-state index in [0.29, 0.717) is 35.2 Å². The quantitative estimate of drug-likeness (QED) is 0.643. The fourth-order valence-corrected chi connectivity index (χ4v) is 2.69. The molecule has 1 aromatic carbocycles. The third-order valence-electron chi connectivity index (χ3n) is 4.07. The molecule has 0 aliphatic carbocycles. The smallest absolute Gasteiger partial charge is 0.269 e. The molecule has 0 aliphatic heterocycles. The van der Waals surface area contributed by atoms with Crippen molar-refractivity contribution in [3.8, 4) is 28.5 Å². The van der Waals surface area contributed by atoms with Gasteiger partial charge < -0.3 is 19.5 Å². The van der Waals surface area contributed by atoms with Crippen LogP contribution in [0.5, 0.6) is 17.2 Å². The van der Waals surface area contributed by atoms with Crippen molar-refractivity contribution in [3.05, 3.63) is 47.7 Å². The lowest BCUT2D eigenvalue weighted by Gasteiger charge is -2.13. The Labute approximate surface area is 162 Å². The topological polar surface area (TPSA) is 111 Å². The molecule has 2 aromatic heterocycles. The summed E-state index contributed by atoms with van der Waals surface area (Å²) < 4.78 is 16.0. The number of methoxy groups -OCH3 is 3. The third-order valence-corrected chi connectivity index (χ3v) is 4.07. The molecule has 146 valence electrons. The number of rotatable bonds is 7. The number of carbonyl (C=O) groups excluding carboxylic acids is 1. The van der Waals surface area contributed by atoms with Crippen molar-refractivity contribution < 1.29 is 19.0 Å². The van der Waals surface area contributed by atoms with Crippen molar-refractivity contribution in [2.24, 2.45) is 0 Å². The minimum atomic E-state index is -0.289. The van der Waals surface area contributed by atoms with Gasteiger partial charge in [-0.1, -0.05) is 0 Å². The van der Waals surface area contributed by atoms with Crippen LogP contribution in [0.2, 0.25) is 0 Å². The molecule has 2 N–H and O–H groups in total. The van der Waals surface area contributed by atoms with E-state index in [1.807, 2.05) is 13.0 Å². The molecule has 9 nitrogen and oxygen atoms in total. The van der Waals surface area contributed by atoms with E-state index in [2.05, 4.69) is 25.5 Å². The van der Waals surface area contributed by atoms with Crippen LogP contribution < -0.4 is 19.5 Å². The molecule has 28 heavy (non-hydrogen) atoms. The number of aromatic nitrogens is 4. The number of aromatic amines is 1. The van der Waals surface area contributed by atoms with Crippen molar-refractivity contribution in [1.29, 1.82) is 0 Å². The summed E-state index contributed by atoms with van der Waals surface area (Å²) in [5.41, 5.74) is 3.18. The summed E-state index contributed by atoms with van der Waals surface area (Å²) in [6, 6.07) is 7.00. The van der Waals surface area contributed by atoms with Crippen molar-refractivity contribution in [2.45, 2.75) is 13.5 Å². The van der Waals surface area contributed by atoms with Gasteiger partial charge in [0, 0.05) is 11.3 Å². The molecule has 0 aliphatic rings. The van der Waals surface area contributed by atoms with Crippen LogP contribution in [0.1, 0.15) is 21.9 Å². The second kappa shape index (κ2) is 8.38. The number of nitrogens with zero attached hydrogens (tertiary/aromatic N) is 3. The Morgan fingerprint density at radius 3 is 2.36 bits per heavy atom. The lowest BCUT2D eigenvalue weighted by atomic mass is 10.1. The SMILES string of the molecule is COc1cc(-c2cc(C(=O)NCc3cc(C)ncn3)[nH]n2)cc(OC)c1OC. The Bertz CT molecular complexity index is 961. The van der Waals surface area contributed by atoms with Crippen LogP contribution in [0, 0.1) is 6.92 Å². The Kier molecular flexibility index (Phi) is 5.73. The molecular formula is C19H21N5O4. The normalized spacial score (nSPS) is 10.4. The van der Waals surface area contributed by atoms with Crippen LogP contribution >= 0.6 is 0 Å². The first-order valence-electron chi connectivity index (χ1n) is 8.47. The van der Waals surface area contributed by atoms with Crippen LogP contribution in [0.3, 0.4) is 0 Å². The molecule has 0 bridgehead atoms. The highest BCUT2D eigenvalue weighted by atomic mass is 16.5. The number of carbonyl (C=O) groups is 1. The van der Waals surface area contributed by atoms with E-state index in [4.69, 9.17) is 14.2 Å². The van der Waals surface area contributed by atoms with Gasteiger partial charge in [-0.15, -0.1) is 0 Å². The van der Waals surface area contributed by atoms with Gasteiger partial charge in [-0.25, -0.2) is 9.97 Å². The van der Waals surface area contributed by atoms with E-state index >= 15 is 0 Å². The molecule has 3 rings (SSSR count). The Balaban J connectivity index is 1.79.